The largest absolute Gasteiger partial charge is 0.330 e. The Kier molecular flexibility index (Phi) is 2.26. The Hall–Kier alpha value is -1.16. The molecule has 1 heterocycles. The van der Waals surface area contributed by atoms with Crippen molar-refractivity contribution in [3.05, 3.63) is 28.3 Å². The minimum atomic E-state index is -0.167. The molecule has 1 aromatic heterocycles. The van der Waals surface area contributed by atoms with Crippen molar-refractivity contribution in [2.45, 2.75) is 39.2 Å². The summed E-state index contributed by atoms with van der Waals surface area (Å²) in [7, 11) is 0. The van der Waals surface area contributed by atoms with E-state index in [1.54, 1.807) is 6.07 Å². The first kappa shape index (κ1) is 11.6. The summed E-state index contributed by atoms with van der Waals surface area (Å²) >= 11 is 5.43. The minimum Gasteiger partial charge on any atom is -0.330 e. The summed E-state index contributed by atoms with van der Waals surface area (Å²) in [4.78, 5) is 3.14. The van der Waals surface area contributed by atoms with Gasteiger partial charge in [-0.05, 0) is 73.9 Å². The zero-order valence-corrected chi connectivity index (χ0v) is 11.8. The molecular weight excluding hydrogens is 259 g/mol. The lowest BCUT2D eigenvalue weighted by Crippen LogP contribution is -2.13. The number of nitrogens with zero attached hydrogens (tertiary/aromatic N) is 1. The van der Waals surface area contributed by atoms with Crippen molar-refractivity contribution in [2.24, 2.45) is 11.3 Å². The van der Waals surface area contributed by atoms with E-state index >= 15 is 0 Å². The molecule has 2 aromatic rings. The Bertz CT molecular complexity index is 720. The zero-order chi connectivity index (χ0) is 13.2. The van der Waals surface area contributed by atoms with Crippen LogP contribution in [0.5, 0.6) is 0 Å². The fraction of sp³-hybridized carbons (Fsp3) is 0.533. The Morgan fingerprint density at radius 2 is 2.16 bits per heavy atom. The van der Waals surface area contributed by atoms with Crippen molar-refractivity contribution in [3.63, 3.8) is 0 Å². The van der Waals surface area contributed by atoms with Crippen LogP contribution in [0.2, 0.25) is 0 Å². The van der Waals surface area contributed by atoms with Gasteiger partial charge in [0.15, 0.2) is 4.77 Å². The van der Waals surface area contributed by atoms with E-state index < -0.39 is 0 Å². The van der Waals surface area contributed by atoms with Crippen LogP contribution in [0.4, 0.5) is 4.39 Å². The topological polar surface area (TPSA) is 20.7 Å². The van der Waals surface area contributed by atoms with Crippen LogP contribution in [0.3, 0.4) is 0 Å². The maximum absolute atomic E-state index is 13.6. The standard InChI is InChI=1S/C15H17FN2S/c1-9-6-13-12(7-11(9)16)17-14(19)18(13)8-15(4-5-15)10-2-3-10/h6-7,10H,2-5,8H2,1H3,(H,17,19). The summed E-state index contributed by atoms with van der Waals surface area (Å²) in [6.07, 6.45) is 5.41. The number of hydrogen-bond acceptors (Lipinski definition) is 1. The van der Waals surface area contributed by atoms with Crippen LogP contribution in [-0.4, -0.2) is 9.55 Å². The molecule has 0 saturated heterocycles. The van der Waals surface area contributed by atoms with Crippen LogP contribution in [0.25, 0.3) is 11.0 Å². The van der Waals surface area contributed by atoms with Gasteiger partial charge in [-0.3, -0.25) is 0 Å². The maximum Gasteiger partial charge on any atom is 0.178 e. The highest BCUT2D eigenvalue weighted by Gasteiger charge is 2.53. The Labute approximate surface area is 116 Å². The normalized spacial score (nSPS) is 20.9. The number of aromatic nitrogens is 2. The SMILES string of the molecule is Cc1cc2c(cc1F)[nH]c(=S)n2CC1(C2CC2)CC1. The molecule has 0 bridgehead atoms. The van der Waals surface area contributed by atoms with Gasteiger partial charge in [0.1, 0.15) is 5.82 Å². The third kappa shape index (κ3) is 1.76. The number of fused-ring (bicyclic) bond motifs is 1. The molecule has 0 spiro atoms. The van der Waals surface area contributed by atoms with Crippen molar-refractivity contribution in [1.82, 2.24) is 9.55 Å². The van der Waals surface area contributed by atoms with Crippen molar-refractivity contribution >= 4 is 23.3 Å². The monoisotopic (exact) mass is 276 g/mol. The third-order valence-corrected chi connectivity index (χ3v) is 5.19. The lowest BCUT2D eigenvalue weighted by molar-refractivity contribution is 0.373. The number of rotatable bonds is 3. The molecule has 0 unspecified atom stereocenters. The van der Waals surface area contributed by atoms with E-state index in [-0.39, 0.29) is 5.82 Å². The van der Waals surface area contributed by atoms with Gasteiger partial charge in [0.25, 0.3) is 0 Å². The van der Waals surface area contributed by atoms with Crippen LogP contribution in [0, 0.1) is 28.8 Å². The highest BCUT2D eigenvalue weighted by atomic mass is 32.1. The second-order valence-electron chi connectivity index (χ2n) is 6.27. The lowest BCUT2D eigenvalue weighted by Gasteiger charge is -2.15. The van der Waals surface area contributed by atoms with Crippen molar-refractivity contribution in [3.8, 4) is 0 Å². The van der Waals surface area contributed by atoms with E-state index in [2.05, 4.69) is 9.55 Å². The molecule has 100 valence electrons. The van der Waals surface area contributed by atoms with Crippen molar-refractivity contribution in [2.75, 3.05) is 0 Å². The summed E-state index contributed by atoms with van der Waals surface area (Å²) < 4.78 is 16.5. The predicted octanol–water partition coefficient (Wildman–Crippen LogP) is 4.34. The van der Waals surface area contributed by atoms with Gasteiger partial charge < -0.3 is 9.55 Å². The molecule has 0 aliphatic heterocycles. The molecule has 0 amide bonds. The van der Waals surface area contributed by atoms with E-state index in [1.807, 2.05) is 13.0 Å². The first-order valence-corrected chi connectivity index (χ1v) is 7.39. The number of aryl methyl sites for hydroxylation is 1. The molecule has 2 aliphatic carbocycles. The van der Waals surface area contributed by atoms with Gasteiger partial charge >= 0.3 is 0 Å². The number of aromatic amines is 1. The molecule has 2 nitrogen and oxygen atoms in total. The van der Waals surface area contributed by atoms with Crippen LogP contribution < -0.4 is 0 Å². The summed E-state index contributed by atoms with van der Waals surface area (Å²) in [5.74, 6) is 0.736. The second-order valence-corrected chi connectivity index (χ2v) is 6.66. The summed E-state index contributed by atoms with van der Waals surface area (Å²) in [6, 6.07) is 3.48. The molecule has 4 heteroatoms. The molecule has 2 aliphatic rings. The van der Waals surface area contributed by atoms with Crippen molar-refractivity contribution in [1.29, 1.82) is 0 Å². The summed E-state index contributed by atoms with van der Waals surface area (Å²) in [6.45, 7) is 2.81. The first-order chi connectivity index (χ1) is 9.09. The third-order valence-electron chi connectivity index (χ3n) is 4.86. The van der Waals surface area contributed by atoms with E-state index in [4.69, 9.17) is 12.2 Å². The van der Waals surface area contributed by atoms with Gasteiger partial charge in [0.05, 0.1) is 11.0 Å². The molecule has 2 saturated carbocycles. The summed E-state index contributed by atoms with van der Waals surface area (Å²) in [5, 5.41) is 0. The molecule has 4 rings (SSSR count). The fourth-order valence-corrected chi connectivity index (χ4v) is 3.58. The molecular formula is C15H17FN2S. The molecule has 0 radical (unpaired) electrons. The van der Waals surface area contributed by atoms with Gasteiger partial charge in [0, 0.05) is 6.54 Å². The minimum absolute atomic E-state index is 0.167. The summed E-state index contributed by atoms with van der Waals surface area (Å²) in [5.41, 5.74) is 3.05. The molecule has 1 aromatic carbocycles. The van der Waals surface area contributed by atoms with Crippen molar-refractivity contribution < 1.29 is 4.39 Å². The van der Waals surface area contributed by atoms with Gasteiger partial charge in [0.2, 0.25) is 0 Å². The zero-order valence-electron chi connectivity index (χ0n) is 11.0. The van der Waals surface area contributed by atoms with E-state index in [0.29, 0.717) is 11.0 Å². The van der Waals surface area contributed by atoms with Gasteiger partial charge in [-0.1, -0.05) is 0 Å². The highest BCUT2D eigenvalue weighted by molar-refractivity contribution is 7.71. The molecule has 1 N–H and O–H groups in total. The Morgan fingerprint density at radius 1 is 1.42 bits per heavy atom. The molecule has 2 fully saturated rings. The highest BCUT2D eigenvalue weighted by Crippen LogP contribution is 2.62. The average Bonchev–Trinajstić information content (AvgIpc) is 3.24. The maximum atomic E-state index is 13.6. The smallest absolute Gasteiger partial charge is 0.178 e. The van der Waals surface area contributed by atoms with E-state index in [0.717, 1.165) is 28.3 Å². The lowest BCUT2D eigenvalue weighted by atomic mass is 10.0. The van der Waals surface area contributed by atoms with Crippen LogP contribution in [-0.2, 0) is 6.54 Å². The predicted molar refractivity (Wildman–Crippen MR) is 76.2 cm³/mol. The number of H-pyrrole nitrogens is 1. The molecule has 0 atom stereocenters. The average molecular weight is 276 g/mol. The van der Waals surface area contributed by atoms with Crippen LogP contribution in [0.1, 0.15) is 31.2 Å². The Morgan fingerprint density at radius 3 is 2.79 bits per heavy atom. The van der Waals surface area contributed by atoms with Gasteiger partial charge in [-0.15, -0.1) is 0 Å². The second kappa shape index (κ2) is 3.69. The fourth-order valence-electron chi connectivity index (χ4n) is 3.31. The molecule has 19 heavy (non-hydrogen) atoms. The number of benzene rings is 1. The van der Waals surface area contributed by atoms with E-state index in [1.165, 1.54) is 25.7 Å². The number of hydrogen-bond donors (Lipinski definition) is 1. The first-order valence-electron chi connectivity index (χ1n) is 6.98. The number of halogens is 1. The number of imidazole rings is 1. The number of nitrogens with one attached hydrogen (secondary N) is 1. The Balaban J connectivity index is 1.82. The van der Waals surface area contributed by atoms with Crippen LogP contribution >= 0.6 is 12.2 Å². The van der Waals surface area contributed by atoms with Gasteiger partial charge in [-0.25, -0.2) is 4.39 Å². The quantitative estimate of drug-likeness (QED) is 0.827. The van der Waals surface area contributed by atoms with E-state index in [9.17, 15) is 4.39 Å². The van der Waals surface area contributed by atoms with Gasteiger partial charge in [-0.2, -0.15) is 0 Å². The van der Waals surface area contributed by atoms with Crippen LogP contribution in [0.15, 0.2) is 12.1 Å².